The number of carbonyl (C=O) groups is 1. The number of ether oxygens (including phenoxy) is 1. The Labute approximate surface area is 114 Å². The summed E-state index contributed by atoms with van der Waals surface area (Å²) >= 11 is 0. The van der Waals surface area contributed by atoms with Crippen LogP contribution in [0.1, 0.15) is 22.1 Å². The standard InChI is InChI=1S/C13H13N3O4/c1-8-14-15-11(20-8)7-16-5-6-19-12-9(13(17)18)3-2-4-10(12)16/h2-4H,5-7H2,1H3,(H,17,18). The molecule has 1 aliphatic heterocycles. The average Bonchev–Trinajstić information content (AvgIpc) is 2.84. The van der Waals surface area contributed by atoms with Crippen molar-refractivity contribution in [2.24, 2.45) is 0 Å². The van der Waals surface area contributed by atoms with Gasteiger partial charge < -0.3 is 19.2 Å². The van der Waals surface area contributed by atoms with Gasteiger partial charge in [0.2, 0.25) is 11.8 Å². The molecule has 3 rings (SSSR count). The first-order valence-corrected chi connectivity index (χ1v) is 6.18. The van der Waals surface area contributed by atoms with Crippen molar-refractivity contribution in [1.29, 1.82) is 0 Å². The number of hydrogen-bond acceptors (Lipinski definition) is 6. The number of aromatic nitrogens is 2. The molecule has 0 atom stereocenters. The number of anilines is 1. The monoisotopic (exact) mass is 275 g/mol. The van der Waals surface area contributed by atoms with Gasteiger partial charge in [0.25, 0.3) is 0 Å². The van der Waals surface area contributed by atoms with Crippen molar-refractivity contribution in [3.8, 4) is 5.75 Å². The molecule has 0 spiro atoms. The molecular weight excluding hydrogens is 262 g/mol. The van der Waals surface area contributed by atoms with Gasteiger partial charge in [0, 0.05) is 6.92 Å². The van der Waals surface area contributed by atoms with Crippen LogP contribution in [0.3, 0.4) is 0 Å². The van der Waals surface area contributed by atoms with Crippen molar-refractivity contribution < 1.29 is 19.1 Å². The predicted octanol–water partition coefficient (Wildman–Crippen LogP) is 1.48. The molecule has 0 aliphatic carbocycles. The first-order valence-electron chi connectivity index (χ1n) is 6.18. The van der Waals surface area contributed by atoms with Crippen molar-refractivity contribution in [3.63, 3.8) is 0 Å². The molecule has 1 aromatic heterocycles. The third-order valence-corrected chi connectivity index (χ3v) is 3.07. The molecule has 0 saturated carbocycles. The fourth-order valence-corrected chi connectivity index (χ4v) is 2.20. The van der Waals surface area contributed by atoms with Crippen LogP contribution in [0.4, 0.5) is 5.69 Å². The summed E-state index contributed by atoms with van der Waals surface area (Å²) in [4.78, 5) is 13.2. The highest BCUT2D eigenvalue weighted by Gasteiger charge is 2.24. The zero-order valence-corrected chi connectivity index (χ0v) is 10.9. The number of carboxylic acid groups (broad SMARTS) is 1. The number of carboxylic acids is 1. The zero-order chi connectivity index (χ0) is 14.1. The first-order chi connectivity index (χ1) is 9.65. The lowest BCUT2D eigenvalue weighted by Gasteiger charge is -2.30. The number of para-hydroxylation sites is 1. The van der Waals surface area contributed by atoms with Gasteiger partial charge in [-0.25, -0.2) is 4.79 Å². The number of aromatic carboxylic acids is 1. The Balaban J connectivity index is 1.94. The fraction of sp³-hybridized carbons (Fsp3) is 0.308. The largest absolute Gasteiger partial charge is 0.489 e. The Morgan fingerprint density at radius 2 is 2.30 bits per heavy atom. The summed E-state index contributed by atoms with van der Waals surface area (Å²) in [5.74, 6) is 0.392. The number of nitrogens with zero attached hydrogens (tertiary/aromatic N) is 3. The normalized spacial score (nSPS) is 13.8. The third kappa shape index (κ3) is 2.18. The minimum absolute atomic E-state index is 0.161. The van der Waals surface area contributed by atoms with E-state index in [0.717, 1.165) is 5.69 Å². The molecule has 2 aromatic rings. The van der Waals surface area contributed by atoms with Gasteiger partial charge in [-0.3, -0.25) is 0 Å². The van der Waals surface area contributed by atoms with Gasteiger partial charge >= 0.3 is 5.97 Å². The van der Waals surface area contributed by atoms with E-state index in [1.54, 1.807) is 13.0 Å². The molecule has 1 aliphatic rings. The van der Waals surface area contributed by atoms with E-state index >= 15 is 0 Å². The van der Waals surface area contributed by atoms with E-state index in [-0.39, 0.29) is 5.56 Å². The first kappa shape index (κ1) is 12.5. The van der Waals surface area contributed by atoms with Crippen LogP contribution >= 0.6 is 0 Å². The lowest BCUT2D eigenvalue weighted by molar-refractivity contribution is 0.0692. The van der Waals surface area contributed by atoms with E-state index in [2.05, 4.69) is 10.2 Å². The Morgan fingerprint density at radius 1 is 1.45 bits per heavy atom. The molecule has 20 heavy (non-hydrogen) atoms. The van der Waals surface area contributed by atoms with E-state index in [1.807, 2.05) is 11.0 Å². The summed E-state index contributed by atoms with van der Waals surface area (Å²) in [5.41, 5.74) is 0.890. The minimum Gasteiger partial charge on any atom is -0.489 e. The van der Waals surface area contributed by atoms with Crippen LogP contribution in [0.2, 0.25) is 0 Å². The van der Waals surface area contributed by atoms with Crippen molar-refractivity contribution in [2.75, 3.05) is 18.1 Å². The number of benzene rings is 1. The Hall–Kier alpha value is -2.57. The molecule has 2 heterocycles. The third-order valence-electron chi connectivity index (χ3n) is 3.07. The molecule has 104 valence electrons. The number of hydrogen-bond donors (Lipinski definition) is 1. The second-order valence-electron chi connectivity index (χ2n) is 4.44. The van der Waals surface area contributed by atoms with E-state index in [9.17, 15) is 9.90 Å². The van der Waals surface area contributed by atoms with Crippen LogP contribution in [0.15, 0.2) is 22.6 Å². The molecule has 0 bridgehead atoms. The van der Waals surface area contributed by atoms with Crippen molar-refractivity contribution in [1.82, 2.24) is 10.2 Å². The topological polar surface area (TPSA) is 88.7 Å². The van der Waals surface area contributed by atoms with Gasteiger partial charge in [0.15, 0.2) is 5.75 Å². The number of aryl methyl sites for hydroxylation is 1. The molecule has 1 N–H and O–H groups in total. The van der Waals surface area contributed by atoms with Crippen molar-refractivity contribution in [3.05, 3.63) is 35.5 Å². The summed E-state index contributed by atoms with van der Waals surface area (Å²) in [7, 11) is 0. The molecule has 7 heteroatoms. The number of fused-ring (bicyclic) bond motifs is 1. The van der Waals surface area contributed by atoms with Crippen molar-refractivity contribution >= 4 is 11.7 Å². The van der Waals surface area contributed by atoms with Crippen LogP contribution in [-0.4, -0.2) is 34.4 Å². The summed E-state index contributed by atoms with van der Waals surface area (Å²) in [5, 5.41) is 16.9. The summed E-state index contributed by atoms with van der Waals surface area (Å²) < 4.78 is 10.9. The second kappa shape index (κ2) is 4.84. The fourth-order valence-electron chi connectivity index (χ4n) is 2.20. The highest BCUT2D eigenvalue weighted by Crippen LogP contribution is 2.35. The Morgan fingerprint density at radius 3 is 3.00 bits per heavy atom. The van der Waals surface area contributed by atoms with E-state index < -0.39 is 5.97 Å². The van der Waals surface area contributed by atoms with E-state index in [4.69, 9.17) is 9.15 Å². The minimum atomic E-state index is -1.00. The van der Waals surface area contributed by atoms with Crippen LogP contribution in [-0.2, 0) is 6.54 Å². The molecule has 0 radical (unpaired) electrons. The smallest absolute Gasteiger partial charge is 0.339 e. The van der Waals surface area contributed by atoms with Gasteiger partial charge in [-0.1, -0.05) is 6.07 Å². The SMILES string of the molecule is Cc1nnc(CN2CCOc3c(C(=O)O)cccc32)o1. The molecule has 0 amide bonds. The lowest BCUT2D eigenvalue weighted by atomic mass is 10.1. The van der Waals surface area contributed by atoms with Gasteiger partial charge in [0.05, 0.1) is 18.8 Å². The molecule has 0 saturated heterocycles. The quantitative estimate of drug-likeness (QED) is 0.907. The maximum absolute atomic E-state index is 11.2. The number of rotatable bonds is 3. The maximum Gasteiger partial charge on any atom is 0.339 e. The average molecular weight is 275 g/mol. The molecule has 1 aromatic carbocycles. The molecule has 0 unspecified atom stereocenters. The van der Waals surface area contributed by atoms with Crippen LogP contribution in [0, 0.1) is 6.92 Å². The molecular formula is C13H13N3O4. The predicted molar refractivity (Wildman–Crippen MR) is 69.0 cm³/mol. The second-order valence-corrected chi connectivity index (χ2v) is 4.44. The van der Waals surface area contributed by atoms with Crippen LogP contribution in [0.5, 0.6) is 5.75 Å². The molecule has 7 nitrogen and oxygen atoms in total. The van der Waals surface area contributed by atoms with Gasteiger partial charge in [-0.15, -0.1) is 10.2 Å². The van der Waals surface area contributed by atoms with Crippen LogP contribution in [0.25, 0.3) is 0 Å². The van der Waals surface area contributed by atoms with Gasteiger partial charge in [0.1, 0.15) is 12.2 Å². The lowest BCUT2D eigenvalue weighted by Crippen LogP contribution is -2.33. The highest BCUT2D eigenvalue weighted by molar-refractivity contribution is 5.93. The van der Waals surface area contributed by atoms with Crippen LogP contribution < -0.4 is 9.64 Å². The Kier molecular flexibility index (Phi) is 3.02. The Bertz CT molecular complexity index is 653. The van der Waals surface area contributed by atoms with E-state index in [1.165, 1.54) is 6.07 Å². The summed E-state index contributed by atoms with van der Waals surface area (Å²) in [6, 6.07) is 5.05. The van der Waals surface area contributed by atoms with Gasteiger partial charge in [-0.2, -0.15) is 0 Å². The summed E-state index contributed by atoms with van der Waals surface area (Å²) in [6.45, 7) is 3.22. The maximum atomic E-state index is 11.2. The van der Waals surface area contributed by atoms with E-state index in [0.29, 0.717) is 37.2 Å². The summed E-state index contributed by atoms with van der Waals surface area (Å²) in [6.07, 6.45) is 0. The zero-order valence-electron chi connectivity index (χ0n) is 10.9. The van der Waals surface area contributed by atoms with Gasteiger partial charge in [-0.05, 0) is 12.1 Å². The highest BCUT2D eigenvalue weighted by atomic mass is 16.5. The van der Waals surface area contributed by atoms with Crippen molar-refractivity contribution in [2.45, 2.75) is 13.5 Å². The molecule has 0 fully saturated rings.